The van der Waals surface area contributed by atoms with Crippen molar-refractivity contribution in [2.75, 3.05) is 32.9 Å². The van der Waals surface area contributed by atoms with Crippen LogP contribution >= 0.6 is 0 Å². The van der Waals surface area contributed by atoms with Crippen LogP contribution in [0.15, 0.2) is 24.3 Å². The van der Waals surface area contributed by atoms with Gasteiger partial charge in [-0.1, -0.05) is 26.0 Å². The molecule has 1 aromatic rings. The second-order valence-corrected chi connectivity index (χ2v) is 5.23. The minimum atomic E-state index is 0.572. The molecular weight excluding hydrogens is 250 g/mol. The number of hydrogen-bond donors (Lipinski definition) is 1. The number of hydrogen-bond acceptors (Lipinski definition) is 3. The Kier molecular flexibility index (Phi) is 9.09. The summed E-state index contributed by atoms with van der Waals surface area (Å²) in [7, 11) is 0. The topological polar surface area (TPSA) is 30.5 Å². The van der Waals surface area contributed by atoms with Crippen LogP contribution in [0.25, 0.3) is 0 Å². The highest BCUT2D eigenvalue weighted by atomic mass is 16.5. The molecule has 20 heavy (non-hydrogen) atoms. The van der Waals surface area contributed by atoms with E-state index in [1.54, 1.807) is 0 Å². The predicted octanol–water partition coefficient (Wildman–Crippen LogP) is 3.60. The molecule has 0 aliphatic rings. The summed E-state index contributed by atoms with van der Waals surface area (Å²) in [6, 6.07) is 8.39. The summed E-state index contributed by atoms with van der Waals surface area (Å²) in [5.74, 6) is 1.52. The molecule has 3 heteroatoms. The molecule has 0 atom stereocenters. The quantitative estimate of drug-likeness (QED) is 0.628. The van der Waals surface area contributed by atoms with Crippen molar-refractivity contribution in [2.45, 2.75) is 39.5 Å². The van der Waals surface area contributed by atoms with E-state index in [4.69, 9.17) is 9.47 Å². The van der Waals surface area contributed by atoms with E-state index in [0.29, 0.717) is 12.5 Å². The SMILES string of the molecule is CCOCCCCNCCOc1ccc(C(C)C)cc1. The zero-order valence-electron chi connectivity index (χ0n) is 13.2. The lowest BCUT2D eigenvalue weighted by atomic mass is 10.0. The Morgan fingerprint density at radius 3 is 2.40 bits per heavy atom. The van der Waals surface area contributed by atoms with Crippen molar-refractivity contribution < 1.29 is 9.47 Å². The van der Waals surface area contributed by atoms with Gasteiger partial charge in [0.15, 0.2) is 0 Å². The van der Waals surface area contributed by atoms with Gasteiger partial charge in [0.1, 0.15) is 12.4 Å². The number of rotatable bonds is 11. The monoisotopic (exact) mass is 279 g/mol. The molecule has 1 rings (SSSR count). The van der Waals surface area contributed by atoms with Gasteiger partial charge in [-0.15, -0.1) is 0 Å². The third-order valence-corrected chi connectivity index (χ3v) is 3.19. The van der Waals surface area contributed by atoms with Gasteiger partial charge >= 0.3 is 0 Å². The van der Waals surface area contributed by atoms with Crippen molar-refractivity contribution in [1.29, 1.82) is 0 Å². The second-order valence-electron chi connectivity index (χ2n) is 5.23. The van der Waals surface area contributed by atoms with Crippen LogP contribution in [-0.4, -0.2) is 32.9 Å². The van der Waals surface area contributed by atoms with Crippen LogP contribution in [0.5, 0.6) is 5.75 Å². The molecule has 0 aliphatic heterocycles. The van der Waals surface area contributed by atoms with Gasteiger partial charge in [0.25, 0.3) is 0 Å². The summed E-state index contributed by atoms with van der Waals surface area (Å²) in [5, 5.41) is 3.38. The third-order valence-electron chi connectivity index (χ3n) is 3.19. The Morgan fingerprint density at radius 2 is 1.75 bits per heavy atom. The van der Waals surface area contributed by atoms with Gasteiger partial charge in [-0.2, -0.15) is 0 Å². The van der Waals surface area contributed by atoms with Crippen molar-refractivity contribution >= 4 is 0 Å². The molecule has 0 heterocycles. The lowest BCUT2D eigenvalue weighted by molar-refractivity contribution is 0.143. The molecule has 0 spiro atoms. The van der Waals surface area contributed by atoms with Crippen LogP contribution in [0.1, 0.15) is 45.1 Å². The van der Waals surface area contributed by atoms with Crippen molar-refractivity contribution in [1.82, 2.24) is 5.32 Å². The summed E-state index contributed by atoms with van der Waals surface area (Å²) in [6.07, 6.45) is 2.28. The van der Waals surface area contributed by atoms with Gasteiger partial charge in [0, 0.05) is 19.8 Å². The van der Waals surface area contributed by atoms with Gasteiger partial charge in [0.2, 0.25) is 0 Å². The molecule has 1 aromatic carbocycles. The van der Waals surface area contributed by atoms with E-state index < -0.39 is 0 Å². The second kappa shape index (κ2) is 10.7. The highest BCUT2D eigenvalue weighted by Gasteiger charge is 1.99. The van der Waals surface area contributed by atoms with E-state index >= 15 is 0 Å². The Morgan fingerprint density at radius 1 is 1.00 bits per heavy atom. The first-order chi connectivity index (χ1) is 9.74. The summed E-state index contributed by atoms with van der Waals surface area (Å²) in [4.78, 5) is 0. The van der Waals surface area contributed by atoms with Crippen LogP contribution in [0.2, 0.25) is 0 Å². The first-order valence-electron chi connectivity index (χ1n) is 7.75. The number of ether oxygens (including phenoxy) is 2. The fourth-order valence-electron chi connectivity index (χ4n) is 1.91. The number of nitrogens with one attached hydrogen (secondary N) is 1. The highest BCUT2D eigenvalue weighted by molar-refractivity contribution is 5.28. The summed E-state index contributed by atoms with van der Waals surface area (Å²) >= 11 is 0. The van der Waals surface area contributed by atoms with Gasteiger partial charge in [-0.3, -0.25) is 0 Å². The molecule has 0 saturated carbocycles. The van der Waals surface area contributed by atoms with E-state index in [2.05, 4.69) is 43.4 Å². The van der Waals surface area contributed by atoms with Gasteiger partial charge < -0.3 is 14.8 Å². The maximum absolute atomic E-state index is 5.70. The average molecular weight is 279 g/mol. The largest absolute Gasteiger partial charge is 0.492 e. The maximum Gasteiger partial charge on any atom is 0.119 e. The van der Waals surface area contributed by atoms with E-state index in [-0.39, 0.29) is 0 Å². The zero-order valence-corrected chi connectivity index (χ0v) is 13.2. The molecule has 0 saturated heterocycles. The van der Waals surface area contributed by atoms with Crippen LogP contribution in [0, 0.1) is 0 Å². The molecule has 0 aromatic heterocycles. The Hall–Kier alpha value is -1.06. The predicted molar refractivity (Wildman–Crippen MR) is 84.6 cm³/mol. The van der Waals surface area contributed by atoms with Gasteiger partial charge in [-0.25, -0.2) is 0 Å². The Balaban J connectivity index is 2.01. The molecule has 114 valence electrons. The molecule has 0 unspecified atom stereocenters. The molecule has 0 aliphatic carbocycles. The van der Waals surface area contributed by atoms with Crippen molar-refractivity contribution in [3.05, 3.63) is 29.8 Å². The first kappa shape index (κ1) is 17.0. The average Bonchev–Trinajstić information content (AvgIpc) is 2.46. The van der Waals surface area contributed by atoms with Crippen LogP contribution in [0.4, 0.5) is 0 Å². The summed E-state index contributed by atoms with van der Waals surface area (Å²) in [5.41, 5.74) is 1.35. The Bertz CT molecular complexity index is 335. The minimum Gasteiger partial charge on any atom is -0.492 e. The molecule has 0 fully saturated rings. The van der Waals surface area contributed by atoms with E-state index in [1.165, 1.54) is 5.56 Å². The van der Waals surface area contributed by atoms with E-state index in [0.717, 1.165) is 44.9 Å². The minimum absolute atomic E-state index is 0.572. The number of benzene rings is 1. The first-order valence-corrected chi connectivity index (χ1v) is 7.75. The lowest BCUT2D eigenvalue weighted by Gasteiger charge is -2.09. The van der Waals surface area contributed by atoms with Crippen LogP contribution < -0.4 is 10.1 Å². The number of unbranched alkanes of at least 4 members (excludes halogenated alkanes) is 1. The van der Waals surface area contributed by atoms with Crippen molar-refractivity contribution in [3.63, 3.8) is 0 Å². The standard InChI is InChI=1S/C17H29NO2/c1-4-19-13-6-5-11-18-12-14-20-17-9-7-16(8-10-17)15(2)3/h7-10,15,18H,4-6,11-14H2,1-3H3. The van der Waals surface area contributed by atoms with Gasteiger partial charge in [0.05, 0.1) is 0 Å². The maximum atomic E-state index is 5.70. The fraction of sp³-hybridized carbons (Fsp3) is 0.647. The van der Waals surface area contributed by atoms with Crippen LogP contribution in [0.3, 0.4) is 0 Å². The van der Waals surface area contributed by atoms with Crippen molar-refractivity contribution in [2.24, 2.45) is 0 Å². The van der Waals surface area contributed by atoms with Crippen molar-refractivity contribution in [3.8, 4) is 5.75 Å². The highest BCUT2D eigenvalue weighted by Crippen LogP contribution is 2.18. The lowest BCUT2D eigenvalue weighted by Crippen LogP contribution is -2.22. The molecule has 0 amide bonds. The molecule has 0 bridgehead atoms. The normalized spacial score (nSPS) is 11.0. The molecule has 0 radical (unpaired) electrons. The van der Waals surface area contributed by atoms with E-state index in [9.17, 15) is 0 Å². The van der Waals surface area contributed by atoms with E-state index in [1.807, 2.05) is 6.92 Å². The molecule has 3 nitrogen and oxygen atoms in total. The summed E-state index contributed by atoms with van der Waals surface area (Å²) < 4.78 is 11.0. The smallest absolute Gasteiger partial charge is 0.119 e. The summed E-state index contributed by atoms with van der Waals surface area (Å²) in [6.45, 7) is 10.8. The van der Waals surface area contributed by atoms with Crippen LogP contribution in [-0.2, 0) is 4.74 Å². The zero-order chi connectivity index (χ0) is 14.6. The Labute approximate surface area is 123 Å². The molecule has 1 N–H and O–H groups in total. The van der Waals surface area contributed by atoms with Gasteiger partial charge in [-0.05, 0) is 49.9 Å². The third kappa shape index (κ3) is 7.51. The fourth-order valence-corrected chi connectivity index (χ4v) is 1.91. The molecular formula is C17H29NO2.